The number of rotatable bonds is 3. The number of benzene rings is 8. The smallest absolute Gasteiger partial charge is 0.138 e. The number of furan rings is 1. The van der Waals surface area contributed by atoms with Gasteiger partial charge in [-0.3, -0.25) is 0 Å². The van der Waals surface area contributed by atoms with Crippen molar-refractivity contribution in [2.45, 2.75) is 13.8 Å². The Bertz CT molecular complexity index is 2560. The van der Waals surface area contributed by atoms with Crippen molar-refractivity contribution < 1.29 is 4.42 Å². The molecule has 9 aromatic rings. The minimum absolute atomic E-state index is 0.933. The molecule has 9 rings (SSSR count). The maximum atomic E-state index is 6.40. The lowest BCUT2D eigenvalue weighted by molar-refractivity contribution is 0.666. The molecule has 0 aliphatic carbocycles. The molecule has 0 saturated carbocycles. The van der Waals surface area contributed by atoms with Gasteiger partial charge in [-0.25, -0.2) is 0 Å². The van der Waals surface area contributed by atoms with Crippen LogP contribution in [0.4, 0.5) is 0 Å². The molecule has 1 heteroatoms. The summed E-state index contributed by atoms with van der Waals surface area (Å²) in [5, 5.41) is 9.91. The fourth-order valence-corrected chi connectivity index (χ4v) is 7.38. The summed E-state index contributed by atoms with van der Waals surface area (Å²) in [6, 6.07) is 53.0. The van der Waals surface area contributed by atoms with Crippen LogP contribution in [0.25, 0.3) is 87.6 Å². The summed E-state index contributed by atoms with van der Waals surface area (Å²) in [5.74, 6) is 0. The molecule has 0 aliphatic heterocycles. The SMILES string of the molecule is Cc1ccc(-c2c3ccccc3c(-c3ccc4ccccc4c3)c3ccccc23)cc1-c1ccc2c(oc3ccccc32)c1C. The van der Waals surface area contributed by atoms with Crippen LogP contribution in [0.1, 0.15) is 11.1 Å². The van der Waals surface area contributed by atoms with E-state index in [2.05, 4.69) is 153 Å². The fourth-order valence-electron chi connectivity index (χ4n) is 7.38. The Hall–Kier alpha value is -5.66. The molecule has 1 aromatic heterocycles. The van der Waals surface area contributed by atoms with E-state index in [1.165, 1.54) is 82.2 Å². The summed E-state index contributed by atoms with van der Waals surface area (Å²) in [5.41, 5.74) is 11.8. The van der Waals surface area contributed by atoms with E-state index in [1.54, 1.807) is 0 Å². The zero-order valence-corrected chi connectivity index (χ0v) is 25.3. The number of aryl methyl sites for hydroxylation is 2. The van der Waals surface area contributed by atoms with Gasteiger partial charge < -0.3 is 4.42 Å². The van der Waals surface area contributed by atoms with Gasteiger partial charge in [0.15, 0.2) is 0 Å². The third kappa shape index (κ3) is 3.94. The maximum Gasteiger partial charge on any atom is 0.138 e. The second-order valence-electron chi connectivity index (χ2n) is 12.1. The molecule has 0 aliphatic rings. The van der Waals surface area contributed by atoms with Gasteiger partial charge in [0.2, 0.25) is 0 Å². The molecule has 1 nitrogen and oxygen atoms in total. The molecular formula is C44H30O. The average molecular weight is 575 g/mol. The number of fused-ring (bicyclic) bond motifs is 6. The van der Waals surface area contributed by atoms with E-state index < -0.39 is 0 Å². The normalized spacial score (nSPS) is 11.8. The fraction of sp³-hybridized carbons (Fsp3) is 0.0455. The van der Waals surface area contributed by atoms with Crippen molar-refractivity contribution in [2.24, 2.45) is 0 Å². The van der Waals surface area contributed by atoms with Crippen LogP contribution in [0.5, 0.6) is 0 Å². The first-order valence-electron chi connectivity index (χ1n) is 15.6. The van der Waals surface area contributed by atoms with Crippen LogP contribution in [-0.4, -0.2) is 0 Å². The van der Waals surface area contributed by atoms with Crippen molar-refractivity contribution in [2.75, 3.05) is 0 Å². The van der Waals surface area contributed by atoms with E-state index in [-0.39, 0.29) is 0 Å². The van der Waals surface area contributed by atoms with Crippen molar-refractivity contribution in [1.29, 1.82) is 0 Å². The Balaban J connectivity index is 1.30. The van der Waals surface area contributed by atoms with Crippen molar-refractivity contribution in [3.63, 3.8) is 0 Å². The molecule has 0 spiro atoms. The third-order valence-corrected chi connectivity index (χ3v) is 9.58. The third-order valence-electron chi connectivity index (χ3n) is 9.58. The van der Waals surface area contributed by atoms with E-state index in [0.717, 1.165) is 16.6 Å². The van der Waals surface area contributed by atoms with Crippen LogP contribution in [-0.2, 0) is 0 Å². The van der Waals surface area contributed by atoms with Crippen LogP contribution >= 0.6 is 0 Å². The number of para-hydroxylation sites is 1. The molecule has 45 heavy (non-hydrogen) atoms. The summed E-state index contributed by atoms with van der Waals surface area (Å²) in [7, 11) is 0. The van der Waals surface area contributed by atoms with Crippen LogP contribution in [0, 0.1) is 13.8 Å². The second-order valence-corrected chi connectivity index (χ2v) is 12.1. The predicted molar refractivity (Wildman–Crippen MR) is 192 cm³/mol. The van der Waals surface area contributed by atoms with Gasteiger partial charge in [0.1, 0.15) is 11.2 Å². The van der Waals surface area contributed by atoms with Gasteiger partial charge in [-0.15, -0.1) is 0 Å². The summed E-state index contributed by atoms with van der Waals surface area (Å²) < 4.78 is 6.40. The van der Waals surface area contributed by atoms with Gasteiger partial charge in [-0.2, -0.15) is 0 Å². The van der Waals surface area contributed by atoms with Crippen LogP contribution in [0.3, 0.4) is 0 Å². The molecule has 0 radical (unpaired) electrons. The lowest BCUT2D eigenvalue weighted by Crippen LogP contribution is -1.93. The van der Waals surface area contributed by atoms with E-state index >= 15 is 0 Å². The zero-order chi connectivity index (χ0) is 30.1. The molecule has 212 valence electrons. The lowest BCUT2D eigenvalue weighted by Gasteiger charge is -2.19. The topological polar surface area (TPSA) is 13.1 Å². The number of hydrogen-bond donors (Lipinski definition) is 0. The highest BCUT2D eigenvalue weighted by molar-refractivity contribution is 6.22. The van der Waals surface area contributed by atoms with E-state index in [0.29, 0.717) is 0 Å². The monoisotopic (exact) mass is 574 g/mol. The quantitative estimate of drug-likeness (QED) is 0.191. The highest BCUT2D eigenvalue weighted by Crippen LogP contribution is 2.45. The van der Waals surface area contributed by atoms with Gasteiger partial charge in [0.05, 0.1) is 0 Å². The summed E-state index contributed by atoms with van der Waals surface area (Å²) in [6.45, 7) is 4.40. The number of hydrogen-bond acceptors (Lipinski definition) is 1. The van der Waals surface area contributed by atoms with Gasteiger partial charge in [-0.05, 0) is 109 Å². The Morgan fingerprint density at radius 2 is 0.956 bits per heavy atom. The van der Waals surface area contributed by atoms with E-state index in [4.69, 9.17) is 4.42 Å². The minimum Gasteiger partial charge on any atom is -0.456 e. The lowest BCUT2D eigenvalue weighted by atomic mass is 9.84. The first kappa shape index (κ1) is 25.8. The minimum atomic E-state index is 0.933. The zero-order valence-electron chi connectivity index (χ0n) is 25.3. The Kier molecular flexibility index (Phi) is 5.70. The van der Waals surface area contributed by atoms with Gasteiger partial charge >= 0.3 is 0 Å². The van der Waals surface area contributed by atoms with Gasteiger partial charge in [0.25, 0.3) is 0 Å². The maximum absolute atomic E-state index is 6.40. The van der Waals surface area contributed by atoms with Crippen molar-refractivity contribution in [3.05, 3.63) is 157 Å². The Labute approximate surface area is 262 Å². The molecule has 0 amide bonds. The molecule has 8 aromatic carbocycles. The molecule has 0 bridgehead atoms. The summed E-state index contributed by atoms with van der Waals surface area (Å²) in [6.07, 6.45) is 0. The molecule has 0 saturated heterocycles. The molecular weight excluding hydrogens is 544 g/mol. The molecule has 0 unspecified atom stereocenters. The van der Waals surface area contributed by atoms with Crippen molar-refractivity contribution in [3.8, 4) is 33.4 Å². The van der Waals surface area contributed by atoms with Crippen molar-refractivity contribution >= 4 is 54.3 Å². The highest BCUT2D eigenvalue weighted by Gasteiger charge is 2.19. The molecule has 1 heterocycles. The molecule has 0 N–H and O–H groups in total. The summed E-state index contributed by atoms with van der Waals surface area (Å²) >= 11 is 0. The molecule has 0 fully saturated rings. The first-order chi connectivity index (χ1) is 22.2. The van der Waals surface area contributed by atoms with Crippen LogP contribution in [0.15, 0.2) is 150 Å². The molecule has 0 atom stereocenters. The summed E-state index contributed by atoms with van der Waals surface area (Å²) in [4.78, 5) is 0. The second kappa shape index (κ2) is 9.94. The van der Waals surface area contributed by atoms with Crippen LogP contribution < -0.4 is 0 Å². The first-order valence-corrected chi connectivity index (χ1v) is 15.6. The van der Waals surface area contributed by atoms with Crippen LogP contribution in [0.2, 0.25) is 0 Å². The Morgan fingerprint density at radius 3 is 1.64 bits per heavy atom. The predicted octanol–water partition coefficient (Wildman–Crippen LogP) is 12.7. The van der Waals surface area contributed by atoms with Gasteiger partial charge in [0, 0.05) is 16.3 Å². The van der Waals surface area contributed by atoms with E-state index in [9.17, 15) is 0 Å². The van der Waals surface area contributed by atoms with Crippen molar-refractivity contribution in [1.82, 2.24) is 0 Å². The highest BCUT2D eigenvalue weighted by atomic mass is 16.3. The van der Waals surface area contributed by atoms with E-state index in [1.807, 2.05) is 6.07 Å². The largest absolute Gasteiger partial charge is 0.456 e. The average Bonchev–Trinajstić information content (AvgIpc) is 3.47. The Morgan fingerprint density at radius 1 is 0.400 bits per heavy atom. The van der Waals surface area contributed by atoms with Gasteiger partial charge in [-0.1, -0.05) is 121 Å². The standard InChI is InChI=1S/C44H30O/c1-27-19-20-32(26-40(27)33-23-24-39-34-13-9-10-18-41(34)45-44(39)28(33)2)43-37-16-7-5-14-35(37)42(36-15-6-8-17-38(36)43)31-22-21-29-11-3-4-12-30(29)25-31/h3-26H,1-2H3.